The molecular weight excluding hydrogens is 152 g/mol. The number of amides is 2. The third-order valence-corrected chi connectivity index (χ3v) is 1.84. The summed E-state index contributed by atoms with van der Waals surface area (Å²) in [5, 5.41) is 2.74. The Hall–Kier alpha value is -1.51. The maximum Gasteiger partial charge on any atom is 0.322 e. The maximum atomic E-state index is 11.2. The lowest BCUT2D eigenvalue weighted by atomic mass is 10.3. The summed E-state index contributed by atoms with van der Waals surface area (Å²) >= 11 is 0. The highest BCUT2D eigenvalue weighted by Gasteiger charge is 2.20. The molecule has 1 aromatic rings. The van der Waals surface area contributed by atoms with Gasteiger partial charge in [-0.15, -0.1) is 0 Å². The number of carbonyl (C=O) groups excluding carboxylic acids is 1. The molecule has 3 heteroatoms. The molecule has 61 valence electrons. The van der Waals surface area contributed by atoms with Gasteiger partial charge in [0.2, 0.25) is 0 Å². The van der Waals surface area contributed by atoms with E-state index in [1.54, 1.807) is 11.0 Å². The van der Waals surface area contributed by atoms with Crippen molar-refractivity contribution in [1.29, 1.82) is 0 Å². The number of para-hydroxylation sites is 1. The number of benzene rings is 1. The molecule has 0 aliphatic carbocycles. The van der Waals surface area contributed by atoms with E-state index in [-0.39, 0.29) is 6.03 Å². The predicted octanol–water partition coefficient (Wildman–Crippen LogP) is 1.02. The average molecular weight is 161 g/mol. The molecule has 0 bridgehead atoms. The second-order valence-electron chi connectivity index (χ2n) is 2.63. The number of hydrogen-bond donors (Lipinski definition) is 1. The molecule has 1 aromatic carbocycles. The van der Waals surface area contributed by atoms with Gasteiger partial charge in [0.05, 0.1) is 5.69 Å². The first-order valence-corrected chi connectivity index (χ1v) is 3.90. The Balaban J connectivity index is 2.25. The van der Waals surface area contributed by atoms with Crippen LogP contribution in [0, 0.1) is 6.07 Å². The number of nitrogens with zero attached hydrogens (tertiary/aromatic N) is 1. The van der Waals surface area contributed by atoms with Gasteiger partial charge in [-0.1, -0.05) is 18.2 Å². The van der Waals surface area contributed by atoms with E-state index in [0.717, 1.165) is 18.8 Å². The molecule has 1 saturated heterocycles. The number of carbonyl (C=O) groups is 1. The Morgan fingerprint density at radius 3 is 3.00 bits per heavy atom. The van der Waals surface area contributed by atoms with Gasteiger partial charge in [-0.05, 0) is 6.07 Å². The Bertz CT molecular complexity index is 284. The van der Waals surface area contributed by atoms with Crippen molar-refractivity contribution < 1.29 is 4.79 Å². The van der Waals surface area contributed by atoms with Crippen molar-refractivity contribution in [2.75, 3.05) is 18.0 Å². The lowest BCUT2D eigenvalue weighted by Gasteiger charge is -2.12. The van der Waals surface area contributed by atoms with Gasteiger partial charge in [-0.25, -0.2) is 4.79 Å². The molecular formula is C9H9N2O. The Kier molecular flexibility index (Phi) is 1.70. The van der Waals surface area contributed by atoms with Gasteiger partial charge in [0.15, 0.2) is 0 Å². The summed E-state index contributed by atoms with van der Waals surface area (Å²) in [6.45, 7) is 1.46. The molecule has 0 spiro atoms. The molecule has 0 unspecified atom stereocenters. The fourth-order valence-corrected chi connectivity index (χ4v) is 1.25. The maximum absolute atomic E-state index is 11.2. The SMILES string of the molecule is O=C1NCCN1c1[c]cccc1. The highest BCUT2D eigenvalue weighted by Crippen LogP contribution is 2.13. The molecule has 3 nitrogen and oxygen atoms in total. The van der Waals surface area contributed by atoms with Crippen LogP contribution in [0.25, 0.3) is 0 Å². The monoisotopic (exact) mass is 161 g/mol. The number of urea groups is 1. The second kappa shape index (κ2) is 2.85. The van der Waals surface area contributed by atoms with Crippen molar-refractivity contribution in [3.63, 3.8) is 0 Å². The molecule has 0 aromatic heterocycles. The van der Waals surface area contributed by atoms with Crippen molar-refractivity contribution in [3.05, 3.63) is 30.3 Å². The highest BCUT2D eigenvalue weighted by atomic mass is 16.2. The standard InChI is InChI=1S/C9H9N2O/c12-9-10-6-7-11(9)8-4-2-1-3-5-8/h1-4H,6-7H2,(H,10,12). The molecule has 1 N–H and O–H groups in total. The first kappa shape index (κ1) is 7.16. The lowest BCUT2D eigenvalue weighted by molar-refractivity contribution is 0.252. The Morgan fingerprint density at radius 1 is 1.50 bits per heavy atom. The van der Waals surface area contributed by atoms with Crippen LogP contribution >= 0.6 is 0 Å². The smallest absolute Gasteiger partial charge is 0.322 e. The van der Waals surface area contributed by atoms with Gasteiger partial charge in [0, 0.05) is 19.2 Å². The second-order valence-corrected chi connectivity index (χ2v) is 2.63. The molecule has 1 aliphatic heterocycles. The van der Waals surface area contributed by atoms with Crippen molar-refractivity contribution in [3.8, 4) is 0 Å². The van der Waals surface area contributed by atoms with Crippen LogP contribution < -0.4 is 10.2 Å². The minimum Gasteiger partial charge on any atom is -0.336 e. The molecule has 2 amide bonds. The minimum absolute atomic E-state index is 0.0301. The zero-order valence-corrected chi connectivity index (χ0v) is 6.58. The summed E-state index contributed by atoms with van der Waals surface area (Å²) in [5.41, 5.74) is 0.840. The van der Waals surface area contributed by atoms with Crippen LogP contribution in [-0.2, 0) is 0 Å². The molecule has 12 heavy (non-hydrogen) atoms. The van der Waals surface area contributed by atoms with E-state index in [1.165, 1.54) is 0 Å². The summed E-state index contributed by atoms with van der Waals surface area (Å²) in [6, 6.07) is 10.4. The van der Waals surface area contributed by atoms with E-state index in [9.17, 15) is 4.79 Å². The van der Waals surface area contributed by atoms with Crippen LogP contribution in [0.4, 0.5) is 10.5 Å². The van der Waals surface area contributed by atoms with Crippen molar-refractivity contribution in [2.24, 2.45) is 0 Å². The zero-order valence-electron chi connectivity index (χ0n) is 6.58. The molecule has 2 rings (SSSR count). The van der Waals surface area contributed by atoms with Gasteiger partial charge >= 0.3 is 6.03 Å². The normalized spacial score (nSPS) is 16.3. The zero-order chi connectivity index (χ0) is 8.39. The third-order valence-electron chi connectivity index (χ3n) is 1.84. The van der Waals surface area contributed by atoms with Gasteiger partial charge < -0.3 is 5.32 Å². The van der Waals surface area contributed by atoms with Crippen LogP contribution in [-0.4, -0.2) is 19.1 Å². The topological polar surface area (TPSA) is 32.3 Å². The van der Waals surface area contributed by atoms with Gasteiger partial charge in [0.1, 0.15) is 0 Å². The van der Waals surface area contributed by atoms with Gasteiger partial charge in [0.25, 0.3) is 0 Å². The minimum atomic E-state index is -0.0301. The number of hydrogen-bond acceptors (Lipinski definition) is 1. The largest absolute Gasteiger partial charge is 0.336 e. The molecule has 1 radical (unpaired) electrons. The summed E-state index contributed by atoms with van der Waals surface area (Å²) in [6.07, 6.45) is 0. The van der Waals surface area contributed by atoms with Crippen molar-refractivity contribution >= 4 is 11.7 Å². The van der Waals surface area contributed by atoms with Crippen LogP contribution in [0.3, 0.4) is 0 Å². The van der Waals surface area contributed by atoms with Crippen molar-refractivity contribution in [2.45, 2.75) is 0 Å². The van der Waals surface area contributed by atoms with Crippen LogP contribution in [0.15, 0.2) is 24.3 Å². The molecule has 1 fully saturated rings. The van der Waals surface area contributed by atoms with E-state index >= 15 is 0 Å². The van der Waals surface area contributed by atoms with Crippen molar-refractivity contribution in [1.82, 2.24) is 5.32 Å². The summed E-state index contributed by atoms with van der Waals surface area (Å²) in [7, 11) is 0. The van der Waals surface area contributed by atoms with Crippen LogP contribution in [0.1, 0.15) is 0 Å². The Morgan fingerprint density at radius 2 is 2.42 bits per heavy atom. The molecule has 1 heterocycles. The van der Waals surface area contributed by atoms with Gasteiger partial charge in [-0.3, -0.25) is 4.90 Å². The average Bonchev–Trinajstić information content (AvgIpc) is 2.53. The number of nitrogens with one attached hydrogen (secondary N) is 1. The molecule has 1 aliphatic rings. The molecule has 0 atom stereocenters. The fourth-order valence-electron chi connectivity index (χ4n) is 1.25. The highest BCUT2D eigenvalue weighted by molar-refractivity contribution is 5.93. The summed E-state index contributed by atoms with van der Waals surface area (Å²) < 4.78 is 0. The third kappa shape index (κ3) is 1.13. The fraction of sp³-hybridized carbons (Fsp3) is 0.222. The lowest BCUT2D eigenvalue weighted by Crippen LogP contribution is -2.27. The van der Waals surface area contributed by atoms with Gasteiger partial charge in [-0.2, -0.15) is 0 Å². The first-order valence-electron chi connectivity index (χ1n) is 3.90. The predicted molar refractivity (Wildman–Crippen MR) is 46.0 cm³/mol. The van der Waals surface area contributed by atoms with E-state index < -0.39 is 0 Å². The van der Waals surface area contributed by atoms with E-state index in [2.05, 4.69) is 11.4 Å². The first-order chi connectivity index (χ1) is 5.88. The van der Waals surface area contributed by atoms with E-state index in [1.807, 2.05) is 18.2 Å². The molecule has 0 saturated carbocycles. The van der Waals surface area contributed by atoms with E-state index in [0.29, 0.717) is 0 Å². The van der Waals surface area contributed by atoms with E-state index in [4.69, 9.17) is 0 Å². The Labute approximate surface area is 71.0 Å². The van der Waals surface area contributed by atoms with Crippen LogP contribution in [0.5, 0.6) is 0 Å². The van der Waals surface area contributed by atoms with Crippen LogP contribution in [0.2, 0.25) is 0 Å². The quantitative estimate of drug-likeness (QED) is 0.655. The summed E-state index contributed by atoms with van der Waals surface area (Å²) in [5.74, 6) is 0. The number of rotatable bonds is 1. The number of anilines is 1. The summed E-state index contributed by atoms with van der Waals surface area (Å²) in [4.78, 5) is 12.9.